The van der Waals surface area contributed by atoms with Gasteiger partial charge in [0.1, 0.15) is 0 Å². The molecule has 0 heterocycles. The molecular weight excluding hydrogens is 196 g/mol. The van der Waals surface area contributed by atoms with Crippen molar-refractivity contribution in [3.8, 4) is 0 Å². The van der Waals surface area contributed by atoms with E-state index >= 15 is 0 Å². The maximum atomic E-state index is 5.70. The molecule has 1 rings (SSSR count). The Morgan fingerprint density at radius 2 is 1.94 bits per heavy atom. The van der Waals surface area contributed by atoms with Gasteiger partial charge in [0.05, 0.1) is 0 Å². The molecule has 1 unspecified atom stereocenters. The predicted octanol–water partition coefficient (Wildman–Crippen LogP) is 2.89. The fourth-order valence-electron chi connectivity index (χ4n) is 1.76. The first-order valence-corrected chi connectivity index (χ1v) is 6.28. The third-order valence-electron chi connectivity index (χ3n) is 2.84. The van der Waals surface area contributed by atoms with E-state index in [1.165, 1.54) is 18.5 Å². The summed E-state index contributed by atoms with van der Waals surface area (Å²) in [4.78, 5) is 2.45. The van der Waals surface area contributed by atoms with Crippen LogP contribution in [0.4, 0.5) is 5.69 Å². The normalized spacial score (nSPS) is 12.4. The summed E-state index contributed by atoms with van der Waals surface area (Å²) in [7, 11) is 0. The van der Waals surface area contributed by atoms with E-state index in [0.717, 1.165) is 19.6 Å². The van der Waals surface area contributed by atoms with Crippen LogP contribution in [0.2, 0.25) is 0 Å². The van der Waals surface area contributed by atoms with Gasteiger partial charge in [-0.2, -0.15) is 0 Å². The molecule has 0 saturated heterocycles. The summed E-state index contributed by atoms with van der Waals surface area (Å²) >= 11 is 0. The standard InChI is InChI=1S/C14H24N2/c1-3-4-10-16(12-13(2)11-15)14-8-6-5-7-9-14/h5-9,13H,3-4,10-12,15H2,1-2H3. The van der Waals surface area contributed by atoms with Gasteiger partial charge < -0.3 is 10.6 Å². The number of hydrogen-bond donors (Lipinski definition) is 1. The molecule has 0 radical (unpaired) electrons. The SMILES string of the molecule is CCCCN(CC(C)CN)c1ccccc1. The van der Waals surface area contributed by atoms with Gasteiger partial charge in [0, 0.05) is 18.8 Å². The second-order valence-corrected chi connectivity index (χ2v) is 4.48. The maximum absolute atomic E-state index is 5.70. The molecule has 2 heteroatoms. The van der Waals surface area contributed by atoms with E-state index in [9.17, 15) is 0 Å². The van der Waals surface area contributed by atoms with Crippen molar-refractivity contribution in [1.29, 1.82) is 0 Å². The Balaban J connectivity index is 2.63. The van der Waals surface area contributed by atoms with Crippen LogP contribution < -0.4 is 10.6 Å². The Hall–Kier alpha value is -1.02. The lowest BCUT2D eigenvalue weighted by Gasteiger charge is -2.27. The minimum absolute atomic E-state index is 0.553. The summed E-state index contributed by atoms with van der Waals surface area (Å²) in [5, 5.41) is 0. The van der Waals surface area contributed by atoms with Crippen LogP contribution in [0.1, 0.15) is 26.7 Å². The second-order valence-electron chi connectivity index (χ2n) is 4.48. The molecule has 16 heavy (non-hydrogen) atoms. The zero-order valence-electron chi connectivity index (χ0n) is 10.5. The number of unbranched alkanes of at least 4 members (excludes halogenated alkanes) is 1. The minimum Gasteiger partial charge on any atom is -0.371 e. The van der Waals surface area contributed by atoms with E-state index in [0.29, 0.717) is 5.92 Å². The molecule has 2 nitrogen and oxygen atoms in total. The zero-order valence-corrected chi connectivity index (χ0v) is 10.5. The first-order valence-electron chi connectivity index (χ1n) is 6.28. The number of hydrogen-bond acceptors (Lipinski definition) is 2. The summed E-state index contributed by atoms with van der Waals surface area (Å²) in [6, 6.07) is 10.6. The monoisotopic (exact) mass is 220 g/mol. The van der Waals surface area contributed by atoms with Gasteiger partial charge in [-0.05, 0) is 31.0 Å². The number of anilines is 1. The molecule has 1 aromatic rings. The van der Waals surface area contributed by atoms with Gasteiger partial charge in [-0.1, -0.05) is 38.5 Å². The van der Waals surface area contributed by atoms with E-state index in [2.05, 4.69) is 49.1 Å². The number of nitrogens with zero attached hydrogens (tertiary/aromatic N) is 1. The molecule has 0 fully saturated rings. The van der Waals surface area contributed by atoms with Crippen LogP contribution in [0.5, 0.6) is 0 Å². The number of rotatable bonds is 7. The predicted molar refractivity (Wildman–Crippen MR) is 71.8 cm³/mol. The molecule has 0 aliphatic rings. The van der Waals surface area contributed by atoms with Crippen LogP contribution in [0.3, 0.4) is 0 Å². The van der Waals surface area contributed by atoms with Gasteiger partial charge in [-0.15, -0.1) is 0 Å². The molecular formula is C14H24N2. The van der Waals surface area contributed by atoms with E-state index in [1.807, 2.05) is 0 Å². The molecule has 0 saturated carbocycles. The average molecular weight is 220 g/mol. The molecule has 90 valence electrons. The van der Waals surface area contributed by atoms with Gasteiger partial charge in [0.15, 0.2) is 0 Å². The molecule has 1 atom stereocenters. The highest BCUT2D eigenvalue weighted by molar-refractivity contribution is 5.45. The first kappa shape index (κ1) is 13.0. The third-order valence-corrected chi connectivity index (χ3v) is 2.84. The zero-order chi connectivity index (χ0) is 11.8. The minimum atomic E-state index is 0.553. The van der Waals surface area contributed by atoms with Crippen molar-refractivity contribution >= 4 is 5.69 Å². The number of benzene rings is 1. The number of para-hydroxylation sites is 1. The van der Waals surface area contributed by atoms with Gasteiger partial charge >= 0.3 is 0 Å². The quantitative estimate of drug-likeness (QED) is 0.765. The molecule has 2 N–H and O–H groups in total. The first-order chi connectivity index (χ1) is 7.77. The van der Waals surface area contributed by atoms with Crippen molar-refractivity contribution in [3.63, 3.8) is 0 Å². The van der Waals surface area contributed by atoms with Crippen LogP contribution in [-0.2, 0) is 0 Å². The second kappa shape index (κ2) is 7.29. The molecule has 0 aliphatic carbocycles. The lowest BCUT2D eigenvalue weighted by molar-refractivity contribution is 0.561. The van der Waals surface area contributed by atoms with Crippen molar-refractivity contribution in [2.24, 2.45) is 11.7 Å². The summed E-state index contributed by atoms with van der Waals surface area (Å²) in [5.41, 5.74) is 7.02. The average Bonchev–Trinajstić information content (AvgIpc) is 2.35. The van der Waals surface area contributed by atoms with Gasteiger partial charge in [-0.25, -0.2) is 0 Å². The van der Waals surface area contributed by atoms with Crippen LogP contribution in [0, 0.1) is 5.92 Å². The van der Waals surface area contributed by atoms with E-state index in [-0.39, 0.29) is 0 Å². The molecule has 0 bridgehead atoms. The summed E-state index contributed by atoms with van der Waals surface area (Å²) in [6.07, 6.45) is 2.48. The largest absolute Gasteiger partial charge is 0.371 e. The maximum Gasteiger partial charge on any atom is 0.0366 e. The van der Waals surface area contributed by atoms with Crippen molar-refractivity contribution < 1.29 is 0 Å². The Labute approximate surface area is 99.5 Å². The molecule has 0 aromatic heterocycles. The van der Waals surface area contributed by atoms with Crippen molar-refractivity contribution in [2.75, 3.05) is 24.5 Å². The van der Waals surface area contributed by atoms with Crippen molar-refractivity contribution in [3.05, 3.63) is 30.3 Å². The lowest BCUT2D eigenvalue weighted by Crippen LogP contribution is -2.32. The van der Waals surface area contributed by atoms with Crippen molar-refractivity contribution in [2.45, 2.75) is 26.7 Å². The van der Waals surface area contributed by atoms with Crippen LogP contribution >= 0.6 is 0 Å². The molecule has 0 spiro atoms. The highest BCUT2D eigenvalue weighted by Gasteiger charge is 2.09. The summed E-state index contributed by atoms with van der Waals surface area (Å²) in [6.45, 7) is 7.39. The highest BCUT2D eigenvalue weighted by atomic mass is 15.1. The fraction of sp³-hybridized carbons (Fsp3) is 0.571. The Morgan fingerprint density at radius 1 is 1.25 bits per heavy atom. The molecule has 0 amide bonds. The topological polar surface area (TPSA) is 29.3 Å². The smallest absolute Gasteiger partial charge is 0.0366 e. The molecule has 0 aliphatic heterocycles. The molecule has 1 aromatic carbocycles. The summed E-state index contributed by atoms with van der Waals surface area (Å²) in [5.74, 6) is 0.553. The highest BCUT2D eigenvalue weighted by Crippen LogP contribution is 2.15. The summed E-state index contributed by atoms with van der Waals surface area (Å²) < 4.78 is 0. The van der Waals surface area contributed by atoms with E-state index in [1.54, 1.807) is 0 Å². The lowest BCUT2D eigenvalue weighted by atomic mass is 10.1. The Bertz CT molecular complexity index is 271. The Morgan fingerprint density at radius 3 is 2.50 bits per heavy atom. The van der Waals surface area contributed by atoms with E-state index in [4.69, 9.17) is 5.73 Å². The third kappa shape index (κ3) is 4.23. The van der Waals surface area contributed by atoms with Crippen LogP contribution in [0.15, 0.2) is 30.3 Å². The van der Waals surface area contributed by atoms with E-state index < -0.39 is 0 Å². The fourth-order valence-corrected chi connectivity index (χ4v) is 1.76. The Kier molecular flexibility index (Phi) is 5.94. The van der Waals surface area contributed by atoms with Gasteiger partial charge in [0.2, 0.25) is 0 Å². The number of nitrogens with two attached hydrogens (primary N) is 1. The van der Waals surface area contributed by atoms with Crippen LogP contribution in [-0.4, -0.2) is 19.6 Å². The van der Waals surface area contributed by atoms with Crippen LogP contribution in [0.25, 0.3) is 0 Å². The van der Waals surface area contributed by atoms with Gasteiger partial charge in [-0.3, -0.25) is 0 Å². The van der Waals surface area contributed by atoms with Gasteiger partial charge in [0.25, 0.3) is 0 Å². The van der Waals surface area contributed by atoms with Crippen molar-refractivity contribution in [1.82, 2.24) is 0 Å².